The Hall–Kier alpha value is -2.56. The van der Waals surface area contributed by atoms with Gasteiger partial charge in [0.15, 0.2) is 5.78 Å². The Balaban J connectivity index is 1.56. The van der Waals surface area contributed by atoms with E-state index in [1.54, 1.807) is 0 Å². The molecule has 1 aliphatic heterocycles. The highest BCUT2D eigenvalue weighted by atomic mass is 35.5. The minimum Gasteiger partial charge on any atom is -0.385 e. The summed E-state index contributed by atoms with van der Waals surface area (Å²) in [5, 5.41) is 21.5. The zero-order valence-electron chi connectivity index (χ0n) is 17.4. The topological polar surface area (TPSA) is 83.7 Å². The van der Waals surface area contributed by atoms with Gasteiger partial charge in [-0.25, -0.2) is 4.39 Å². The molecule has 2 aromatic carbocycles. The summed E-state index contributed by atoms with van der Waals surface area (Å²) in [6, 6.07) is 6.20. The third-order valence-corrected chi connectivity index (χ3v) is 6.16. The molecule has 0 bridgehead atoms. The number of nitro benzene ring substituents is 1. The van der Waals surface area contributed by atoms with Crippen LogP contribution < -0.4 is 0 Å². The van der Waals surface area contributed by atoms with Crippen molar-refractivity contribution in [2.24, 2.45) is 0 Å². The number of Topliss-reactive ketones (excluding diaryl/α,β-unsaturated/α-hetero) is 1. The van der Waals surface area contributed by atoms with Crippen molar-refractivity contribution in [3.05, 3.63) is 74.0 Å². The van der Waals surface area contributed by atoms with Crippen LogP contribution in [0.25, 0.3) is 0 Å². The molecule has 0 spiro atoms. The average Bonchev–Trinajstić information content (AvgIpc) is 2.74. The van der Waals surface area contributed by atoms with Crippen molar-refractivity contribution in [2.45, 2.75) is 37.5 Å². The molecule has 0 unspecified atom stereocenters. The van der Waals surface area contributed by atoms with E-state index in [9.17, 15) is 37.6 Å². The minimum absolute atomic E-state index is 0.0133. The van der Waals surface area contributed by atoms with Crippen LogP contribution in [0.4, 0.5) is 23.2 Å². The summed E-state index contributed by atoms with van der Waals surface area (Å²) in [6.07, 6.45) is -3.84. The molecule has 33 heavy (non-hydrogen) atoms. The lowest BCUT2D eigenvalue weighted by atomic mass is 9.83. The Labute approximate surface area is 191 Å². The number of likely N-dealkylation sites (tertiary alicyclic amines) is 1. The maximum atomic E-state index is 13.2. The standard InChI is InChI=1S/C22H21ClF4N2O4/c23-18-6-3-14(12-17(18)22(25,26)27)21(31)7-10-28(11-8-21)9-1-2-20(30)16-5-4-15(24)13-19(16)29(32)33/h3-6,12-13,31H,1-2,7-11H2. The first-order chi connectivity index (χ1) is 15.4. The molecule has 0 atom stereocenters. The predicted octanol–water partition coefficient (Wildman–Crippen LogP) is 5.35. The third kappa shape index (κ3) is 5.87. The molecule has 0 radical (unpaired) electrons. The molecule has 3 rings (SSSR count). The van der Waals surface area contributed by atoms with E-state index in [-0.39, 0.29) is 30.4 Å². The van der Waals surface area contributed by atoms with E-state index in [1.807, 2.05) is 4.90 Å². The predicted molar refractivity (Wildman–Crippen MR) is 113 cm³/mol. The molecule has 0 amide bonds. The molecule has 0 saturated carbocycles. The third-order valence-electron chi connectivity index (χ3n) is 5.83. The van der Waals surface area contributed by atoms with Crippen LogP contribution in [-0.4, -0.2) is 40.3 Å². The van der Waals surface area contributed by atoms with E-state index in [4.69, 9.17) is 11.6 Å². The van der Waals surface area contributed by atoms with Crippen molar-refractivity contribution in [1.82, 2.24) is 4.90 Å². The van der Waals surface area contributed by atoms with Gasteiger partial charge < -0.3 is 10.0 Å². The molecular weight excluding hydrogens is 468 g/mol. The first-order valence-corrected chi connectivity index (χ1v) is 10.6. The Morgan fingerprint density at radius 1 is 1.18 bits per heavy atom. The first-order valence-electron chi connectivity index (χ1n) is 10.2. The van der Waals surface area contributed by atoms with E-state index < -0.39 is 44.6 Å². The molecule has 178 valence electrons. The zero-order valence-corrected chi connectivity index (χ0v) is 18.1. The Kier molecular flexibility index (Phi) is 7.40. The van der Waals surface area contributed by atoms with E-state index in [1.165, 1.54) is 6.07 Å². The number of alkyl halides is 3. The summed E-state index contributed by atoms with van der Waals surface area (Å²) in [5.74, 6) is -1.28. The summed E-state index contributed by atoms with van der Waals surface area (Å²) in [5.41, 5.74) is -3.00. The molecule has 0 aliphatic carbocycles. The summed E-state index contributed by atoms with van der Waals surface area (Å²) in [6.45, 7) is 1.25. The lowest BCUT2D eigenvalue weighted by Crippen LogP contribution is -2.43. The molecule has 11 heteroatoms. The highest BCUT2D eigenvalue weighted by Gasteiger charge is 2.38. The van der Waals surface area contributed by atoms with E-state index in [2.05, 4.69) is 0 Å². The smallest absolute Gasteiger partial charge is 0.385 e. The summed E-state index contributed by atoms with van der Waals surface area (Å²) in [4.78, 5) is 24.6. The number of hydrogen-bond acceptors (Lipinski definition) is 5. The number of nitrogens with zero attached hydrogens (tertiary/aromatic N) is 2. The van der Waals surface area contributed by atoms with Crippen molar-refractivity contribution in [1.29, 1.82) is 0 Å². The number of aliphatic hydroxyl groups is 1. The van der Waals surface area contributed by atoms with Crippen LogP contribution in [0.2, 0.25) is 5.02 Å². The molecule has 0 aromatic heterocycles. The molecule has 1 heterocycles. The molecular formula is C22H21ClF4N2O4. The molecule has 1 N–H and O–H groups in total. The largest absolute Gasteiger partial charge is 0.417 e. The number of ketones is 1. The number of piperidine rings is 1. The normalized spacial score (nSPS) is 16.5. The van der Waals surface area contributed by atoms with Gasteiger partial charge in [0, 0.05) is 19.5 Å². The maximum absolute atomic E-state index is 13.2. The van der Waals surface area contributed by atoms with Crippen LogP contribution in [-0.2, 0) is 11.8 Å². The number of rotatable bonds is 7. The molecule has 2 aromatic rings. The van der Waals surface area contributed by atoms with Crippen molar-refractivity contribution >= 4 is 23.1 Å². The SMILES string of the molecule is O=C(CCCN1CCC(O)(c2ccc(Cl)c(C(F)(F)F)c2)CC1)c1ccc(F)cc1[N+](=O)[O-]. The van der Waals surface area contributed by atoms with Gasteiger partial charge in [0.05, 0.1) is 32.7 Å². The van der Waals surface area contributed by atoms with Crippen molar-refractivity contribution in [3.63, 3.8) is 0 Å². The zero-order chi connectivity index (χ0) is 24.4. The lowest BCUT2D eigenvalue weighted by molar-refractivity contribution is -0.385. The van der Waals surface area contributed by atoms with Crippen molar-refractivity contribution in [3.8, 4) is 0 Å². The lowest BCUT2D eigenvalue weighted by Gasteiger charge is -2.38. The molecule has 1 saturated heterocycles. The quantitative estimate of drug-likeness (QED) is 0.246. The summed E-state index contributed by atoms with van der Waals surface area (Å²) >= 11 is 5.66. The van der Waals surface area contributed by atoms with Crippen molar-refractivity contribution in [2.75, 3.05) is 19.6 Å². The number of hydrogen-bond donors (Lipinski definition) is 1. The van der Waals surface area contributed by atoms with Gasteiger partial charge in [-0.2, -0.15) is 13.2 Å². The monoisotopic (exact) mass is 488 g/mol. The second kappa shape index (κ2) is 9.74. The van der Waals surface area contributed by atoms with Gasteiger partial charge in [-0.15, -0.1) is 0 Å². The van der Waals surface area contributed by atoms with Gasteiger partial charge in [0.25, 0.3) is 5.69 Å². The molecule has 1 fully saturated rings. The van der Waals surface area contributed by atoms with E-state index in [0.717, 1.165) is 24.3 Å². The fourth-order valence-corrected chi connectivity index (χ4v) is 4.18. The number of nitro groups is 1. The van der Waals surface area contributed by atoms with E-state index >= 15 is 0 Å². The number of benzene rings is 2. The van der Waals surface area contributed by atoms with Crippen LogP contribution in [0, 0.1) is 15.9 Å². The second-order valence-electron chi connectivity index (χ2n) is 8.01. The van der Waals surface area contributed by atoms with Crippen LogP contribution in [0.5, 0.6) is 0 Å². The summed E-state index contributed by atoms with van der Waals surface area (Å²) < 4.78 is 52.7. The highest BCUT2D eigenvalue weighted by Crippen LogP contribution is 2.40. The Morgan fingerprint density at radius 2 is 1.85 bits per heavy atom. The van der Waals surface area contributed by atoms with Crippen molar-refractivity contribution < 1.29 is 32.4 Å². The fraction of sp³-hybridized carbons (Fsp3) is 0.409. The minimum atomic E-state index is -4.63. The molecule has 1 aliphatic rings. The number of halogens is 5. The van der Waals surface area contributed by atoms with Gasteiger partial charge in [-0.05, 0) is 55.6 Å². The highest BCUT2D eigenvalue weighted by molar-refractivity contribution is 6.31. The van der Waals surface area contributed by atoms with Crippen LogP contribution in [0.1, 0.15) is 47.2 Å². The van der Waals surface area contributed by atoms with Gasteiger partial charge >= 0.3 is 6.18 Å². The average molecular weight is 489 g/mol. The number of carbonyl (C=O) groups excluding carboxylic acids is 1. The van der Waals surface area contributed by atoms with E-state index in [0.29, 0.717) is 32.1 Å². The Morgan fingerprint density at radius 3 is 2.45 bits per heavy atom. The fourth-order valence-electron chi connectivity index (χ4n) is 3.96. The summed E-state index contributed by atoms with van der Waals surface area (Å²) in [7, 11) is 0. The molecule has 6 nitrogen and oxygen atoms in total. The van der Waals surface area contributed by atoms with Crippen LogP contribution in [0.15, 0.2) is 36.4 Å². The van der Waals surface area contributed by atoms with Gasteiger partial charge in [-0.3, -0.25) is 14.9 Å². The second-order valence-corrected chi connectivity index (χ2v) is 8.42. The van der Waals surface area contributed by atoms with Gasteiger partial charge in [-0.1, -0.05) is 17.7 Å². The van der Waals surface area contributed by atoms with Gasteiger partial charge in [0.1, 0.15) is 5.82 Å². The van der Waals surface area contributed by atoms with Crippen LogP contribution >= 0.6 is 11.6 Å². The Bertz CT molecular complexity index is 1050. The number of carbonyl (C=O) groups is 1. The first kappa shape index (κ1) is 25.1. The van der Waals surface area contributed by atoms with Gasteiger partial charge in [0.2, 0.25) is 0 Å². The van der Waals surface area contributed by atoms with Crippen LogP contribution in [0.3, 0.4) is 0 Å². The maximum Gasteiger partial charge on any atom is 0.417 e.